The van der Waals surface area contributed by atoms with Crippen molar-refractivity contribution < 1.29 is 9.90 Å². The molecule has 2 N–H and O–H groups in total. The van der Waals surface area contributed by atoms with Crippen molar-refractivity contribution in [2.45, 2.75) is 13.8 Å². The van der Waals surface area contributed by atoms with Gasteiger partial charge in [-0.15, -0.1) is 15.1 Å². The van der Waals surface area contributed by atoms with Gasteiger partial charge < -0.3 is 10.4 Å². The Morgan fingerprint density at radius 1 is 1.08 bits per heavy atom. The van der Waals surface area contributed by atoms with E-state index in [-0.39, 0.29) is 22.8 Å². The van der Waals surface area contributed by atoms with Gasteiger partial charge in [-0.1, -0.05) is 24.3 Å². The third kappa shape index (κ3) is 4.33. The number of aliphatic hydroxyl groups excluding tert-OH is 1. The van der Waals surface area contributed by atoms with Gasteiger partial charge in [0.1, 0.15) is 17.1 Å². The van der Waals surface area contributed by atoms with Gasteiger partial charge in [-0.3, -0.25) is 4.79 Å². The first-order valence-corrected chi connectivity index (χ1v) is 7.13. The van der Waals surface area contributed by atoms with Gasteiger partial charge in [0.2, 0.25) is 0 Å². The first kappa shape index (κ1) is 17.0. The Kier molecular flexibility index (Phi) is 5.51. The molecule has 2 aromatic rings. The largest absolute Gasteiger partial charge is 0.510 e. The summed E-state index contributed by atoms with van der Waals surface area (Å²) in [6.07, 6.45) is 0. The number of hydrogen-bond donors (Lipinski definition) is 2. The molecule has 0 aromatic heterocycles. The highest BCUT2D eigenvalue weighted by Gasteiger charge is 2.13. The molecule has 0 saturated heterocycles. The van der Waals surface area contributed by atoms with Crippen molar-refractivity contribution in [1.82, 2.24) is 0 Å². The van der Waals surface area contributed by atoms with Crippen molar-refractivity contribution in [2.24, 2.45) is 15.4 Å². The lowest BCUT2D eigenvalue weighted by molar-refractivity contribution is -0.113. The van der Waals surface area contributed by atoms with Crippen LogP contribution in [0.15, 0.2) is 75.4 Å². The number of benzene rings is 2. The first-order valence-electron chi connectivity index (χ1n) is 7.13. The molecule has 24 heavy (non-hydrogen) atoms. The van der Waals surface area contributed by atoms with Crippen molar-refractivity contribution in [1.29, 1.82) is 0 Å². The molecule has 7 heteroatoms. The predicted octanol–water partition coefficient (Wildman–Crippen LogP) is 4.90. The standard InChI is InChI=1S/C17H16N4O3/c1-11-8-9-14(15(10-11)21-24)19-20-16(12(2)22)17(23)18-13-6-4-3-5-7-13/h3-10,22H,1-2H3,(H,18,23)/b16-12+,20-19?. The van der Waals surface area contributed by atoms with E-state index in [2.05, 4.69) is 20.7 Å². The van der Waals surface area contributed by atoms with Crippen LogP contribution < -0.4 is 5.32 Å². The van der Waals surface area contributed by atoms with Crippen LogP contribution in [0.3, 0.4) is 0 Å². The van der Waals surface area contributed by atoms with Crippen LogP contribution in [-0.4, -0.2) is 11.0 Å². The van der Waals surface area contributed by atoms with Crippen LogP contribution in [0.25, 0.3) is 0 Å². The van der Waals surface area contributed by atoms with E-state index < -0.39 is 5.91 Å². The summed E-state index contributed by atoms with van der Waals surface area (Å²) in [6.45, 7) is 3.14. The molecule has 1 amide bonds. The Balaban J connectivity index is 2.25. The van der Waals surface area contributed by atoms with E-state index in [0.29, 0.717) is 5.69 Å². The summed E-state index contributed by atoms with van der Waals surface area (Å²) in [5, 5.41) is 22.8. The number of amides is 1. The van der Waals surface area contributed by atoms with E-state index in [1.54, 1.807) is 42.5 Å². The normalized spacial score (nSPS) is 11.9. The summed E-state index contributed by atoms with van der Waals surface area (Å²) in [6, 6.07) is 13.6. The van der Waals surface area contributed by atoms with E-state index in [1.165, 1.54) is 6.92 Å². The maximum Gasteiger partial charge on any atom is 0.279 e. The Bertz CT molecular complexity index is 810. The zero-order valence-corrected chi connectivity index (χ0v) is 13.2. The van der Waals surface area contributed by atoms with Crippen molar-refractivity contribution in [3.05, 3.63) is 70.5 Å². The monoisotopic (exact) mass is 324 g/mol. The van der Waals surface area contributed by atoms with Crippen LogP contribution >= 0.6 is 0 Å². The molecule has 0 heterocycles. The smallest absolute Gasteiger partial charge is 0.279 e. The minimum Gasteiger partial charge on any atom is -0.510 e. The minimum atomic E-state index is -0.613. The lowest BCUT2D eigenvalue weighted by Gasteiger charge is -2.05. The number of nitroso groups, excluding NO2 is 1. The van der Waals surface area contributed by atoms with E-state index in [4.69, 9.17) is 0 Å². The van der Waals surface area contributed by atoms with Gasteiger partial charge >= 0.3 is 0 Å². The number of rotatable bonds is 5. The topological polar surface area (TPSA) is 103 Å². The highest BCUT2D eigenvalue weighted by molar-refractivity contribution is 6.03. The van der Waals surface area contributed by atoms with Gasteiger partial charge in [0.25, 0.3) is 5.91 Å². The third-order valence-electron chi connectivity index (χ3n) is 3.08. The predicted molar refractivity (Wildman–Crippen MR) is 91.6 cm³/mol. The number of nitrogens with zero attached hydrogens (tertiary/aromatic N) is 3. The Morgan fingerprint density at radius 2 is 1.79 bits per heavy atom. The SMILES string of the molecule is C/C(O)=C(\N=Nc1ccc(C)cc1N=O)C(=O)Nc1ccccc1. The number of anilines is 1. The average molecular weight is 324 g/mol. The number of allylic oxidation sites excluding steroid dienone is 1. The van der Waals surface area contributed by atoms with Crippen molar-refractivity contribution >= 4 is 23.0 Å². The maximum absolute atomic E-state index is 12.2. The van der Waals surface area contributed by atoms with Crippen LogP contribution in [-0.2, 0) is 4.79 Å². The van der Waals surface area contributed by atoms with Gasteiger partial charge in [0, 0.05) is 5.69 Å². The molecule has 0 bridgehead atoms. The maximum atomic E-state index is 12.2. The first-order chi connectivity index (χ1) is 11.5. The third-order valence-corrected chi connectivity index (χ3v) is 3.08. The Hall–Kier alpha value is -3.35. The molecule has 0 spiro atoms. The van der Waals surface area contributed by atoms with Crippen molar-refractivity contribution in [2.75, 3.05) is 5.32 Å². The quantitative estimate of drug-likeness (QED) is 0.353. The molecule has 0 atom stereocenters. The van der Waals surface area contributed by atoms with Gasteiger partial charge in [-0.2, -0.15) is 0 Å². The van der Waals surface area contributed by atoms with Gasteiger partial charge in [0.15, 0.2) is 5.70 Å². The Morgan fingerprint density at radius 3 is 2.42 bits per heavy atom. The van der Waals surface area contributed by atoms with Crippen LogP contribution in [0.2, 0.25) is 0 Å². The molecule has 0 aliphatic heterocycles. The van der Waals surface area contributed by atoms with E-state index in [1.807, 2.05) is 13.0 Å². The van der Waals surface area contributed by atoms with Crippen LogP contribution in [0.5, 0.6) is 0 Å². The van der Waals surface area contributed by atoms with Crippen molar-refractivity contribution in [3.8, 4) is 0 Å². The summed E-state index contributed by atoms with van der Waals surface area (Å²) < 4.78 is 0. The molecule has 0 aliphatic rings. The molecule has 2 rings (SSSR count). The van der Waals surface area contributed by atoms with E-state index in [0.717, 1.165) is 5.56 Å². The second-order valence-electron chi connectivity index (χ2n) is 5.04. The average Bonchev–Trinajstić information content (AvgIpc) is 2.56. The second kappa shape index (κ2) is 7.77. The van der Waals surface area contributed by atoms with Gasteiger partial charge in [-0.25, -0.2) is 0 Å². The van der Waals surface area contributed by atoms with E-state index >= 15 is 0 Å². The lowest BCUT2D eigenvalue weighted by atomic mass is 10.2. The molecule has 0 unspecified atom stereocenters. The zero-order valence-electron chi connectivity index (χ0n) is 13.2. The van der Waals surface area contributed by atoms with E-state index in [9.17, 15) is 14.8 Å². The Labute approximate surface area is 138 Å². The van der Waals surface area contributed by atoms with Crippen molar-refractivity contribution in [3.63, 3.8) is 0 Å². The second-order valence-corrected chi connectivity index (χ2v) is 5.04. The zero-order chi connectivity index (χ0) is 17.5. The summed E-state index contributed by atoms with van der Waals surface area (Å²) in [4.78, 5) is 23.1. The summed E-state index contributed by atoms with van der Waals surface area (Å²) in [5.41, 5.74) is 1.47. The summed E-state index contributed by atoms with van der Waals surface area (Å²) >= 11 is 0. The van der Waals surface area contributed by atoms with Crippen LogP contribution in [0.4, 0.5) is 17.1 Å². The van der Waals surface area contributed by atoms with Gasteiger partial charge in [-0.05, 0) is 48.9 Å². The fourth-order valence-electron chi connectivity index (χ4n) is 1.89. The lowest BCUT2D eigenvalue weighted by Crippen LogP contribution is -2.14. The number of nitrogens with one attached hydrogen (secondary N) is 1. The minimum absolute atomic E-state index is 0.108. The molecular formula is C17H16N4O3. The number of aliphatic hydroxyl groups is 1. The highest BCUT2D eigenvalue weighted by atomic mass is 16.3. The molecule has 122 valence electrons. The fraction of sp³-hybridized carbons (Fsp3) is 0.118. The molecule has 0 fully saturated rings. The van der Waals surface area contributed by atoms with Crippen LogP contribution in [0, 0.1) is 11.8 Å². The number of para-hydroxylation sites is 1. The fourth-order valence-corrected chi connectivity index (χ4v) is 1.89. The number of hydrogen-bond acceptors (Lipinski definition) is 6. The van der Waals surface area contributed by atoms with Gasteiger partial charge in [0.05, 0.1) is 0 Å². The molecular weight excluding hydrogens is 308 g/mol. The summed E-state index contributed by atoms with van der Waals surface area (Å²) in [5.74, 6) is -0.905. The molecule has 2 aromatic carbocycles. The number of carbonyl (C=O) groups excluding carboxylic acids is 1. The van der Waals surface area contributed by atoms with Crippen LogP contribution in [0.1, 0.15) is 12.5 Å². The number of aryl methyl sites for hydroxylation is 1. The molecule has 7 nitrogen and oxygen atoms in total. The molecule has 0 radical (unpaired) electrons. The molecule has 0 aliphatic carbocycles. The number of carbonyl (C=O) groups is 1. The number of azo groups is 1. The molecule has 0 saturated carbocycles. The summed E-state index contributed by atoms with van der Waals surface area (Å²) in [7, 11) is 0. The highest BCUT2D eigenvalue weighted by Crippen LogP contribution is 2.29.